The first kappa shape index (κ1) is 12.8. The van der Waals surface area contributed by atoms with Crippen LogP contribution in [-0.2, 0) is 15.5 Å². The molecule has 0 spiro atoms. The summed E-state index contributed by atoms with van der Waals surface area (Å²) in [4.78, 5) is 0. The fourth-order valence-corrected chi connectivity index (χ4v) is 3.20. The summed E-state index contributed by atoms with van der Waals surface area (Å²) in [6.45, 7) is 7.96. The first-order chi connectivity index (χ1) is 8.11. The first-order valence-electron chi connectivity index (χ1n) is 6.01. The van der Waals surface area contributed by atoms with Crippen LogP contribution in [0.25, 0.3) is 0 Å². The van der Waals surface area contributed by atoms with Gasteiger partial charge >= 0.3 is 0 Å². The Morgan fingerprint density at radius 1 is 1.24 bits per heavy atom. The number of hydrogen-bond donors (Lipinski definition) is 1. The summed E-state index contributed by atoms with van der Waals surface area (Å²) >= 11 is 0. The minimum atomic E-state index is -0.978. The fraction of sp³-hybridized carbons (Fsp3) is 0.538. The van der Waals surface area contributed by atoms with Crippen LogP contribution in [0.2, 0.25) is 0 Å². The average Bonchev–Trinajstić information content (AvgIpc) is 2.32. The van der Waals surface area contributed by atoms with E-state index in [1.807, 2.05) is 6.07 Å². The molecule has 0 bridgehead atoms. The van der Waals surface area contributed by atoms with Crippen molar-refractivity contribution in [3.8, 4) is 0 Å². The molecule has 0 aromatic heterocycles. The highest BCUT2D eigenvalue weighted by Crippen LogP contribution is 2.46. The molecule has 0 unspecified atom stereocenters. The fourth-order valence-electron chi connectivity index (χ4n) is 1.65. The molecular formula is C13H20NO2P. The summed E-state index contributed by atoms with van der Waals surface area (Å²) in [6, 6.07) is 8.30. The molecule has 1 heterocycles. The molecule has 1 aromatic carbocycles. The van der Waals surface area contributed by atoms with E-state index < -0.39 is 8.53 Å². The summed E-state index contributed by atoms with van der Waals surface area (Å²) in [5.41, 5.74) is 2.55. The summed E-state index contributed by atoms with van der Waals surface area (Å²) < 4.78 is 11.5. The highest BCUT2D eigenvalue weighted by Gasteiger charge is 2.29. The second-order valence-corrected chi connectivity index (χ2v) is 6.34. The van der Waals surface area contributed by atoms with Gasteiger partial charge in [-0.3, -0.25) is 0 Å². The van der Waals surface area contributed by atoms with Crippen molar-refractivity contribution in [3.63, 3.8) is 0 Å². The Labute approximate surface area is 104 Å². The minimum Gasteiger partial charge on any atom is -0.319 e. The molecule has 1 aliphatic heterocycles. The van der Waals surface area contributed by atoms with Crippen molar-refractivity contribution >= 4 is 14.2 Å². The molecule has 0 amide bonds. The molecule has 4 heteroatoms. The van der Waals surface area contributed by atoms with E-state index in [1.54, 1.807) is 0 Å². The van der Waals surface area contributed by atoms with Crippen LogP contribution in [0.1, 0.15) is 26.3 Å². The zero-order chi connectivity index (χ0) is 12.3. The van der Waals surface area contributed by atoms with Crippen LogP contribution in [0, 0.1) is 5.41 Å². The second-order valence-electron chi connectivity index (χ2n) is 5.09. The summed E-state index contributed by atoms with van der Waals surface area (Å²) in [5.74, 6) is 0. The van der Waals surface area contributed by atoms with Gasteiger partial charge in [-0.25, -0.2) is 0 Å². The van der Waals surface area contributed by atoms with Crippen LogP contribution in [0.3, 0.4) is 0 Å². The molecular weight excluding hydrogens is 233 g/mol. The van der Waals surface area contributed by atoms with Crippen molar-refractivity contribution in [2.45, 2.75) is 27.2 Å². The number of nitrogens with one attached hydrogen (secondary N) is 1. The summed E-state index contributed by atoms with van der Waals surface area (Å²) in [5, 5.41) is 3.36. The van der Waals surface area contributed by atoms with Crippen LogP contribution in [0.15, 0.2) is 24.3 Å². The van der Waals surface area contributed by atoms with Gasteiger partial charge in [0.2, 0.25) is 0 Å². The Balaban J connectivity index is 1.98. The van der Waals surface area contributed by atoms with Gasteiger partial charge < -0.3 is 14.1 Å². The van der Waals surface area contributed by atoms with Crippen LogP contribution in [0.4, 0.5) is 5.69 Å². The van der Waals surface area contributed by atoms with Gasteiger partial charge in [0.05, 0.1) is 13.2 Å². The standard InChI is InChI=1S/C13H20NO2P/c1-4-11-7-5-6-8-12(11)14-17-15-9-13(2,3)10-16-17/h5-8,14H,4,9-10H2,1-3H3. The number of para-hydroxylation sites is 1. The van der Waals surface area contributed by atoms with Gasteiger partial charge in [-0.05, 0) is 18.1 Å². The number of hydrogen-bond acceptors (Lipinski definition) is 3. The van der Waals surface area contributed by atoms with Crippen molar-refractivity contribution < 1.29 is 9.05 Å². The van der Waals surface area contributed by atoms with Crippen molar-refractivity contribution in [1.29, 1.82) is 0 Å². The lowest BCUT2D eigenvalue weighted by atomic mass is 9.97. The third-order valence-electron chi connectivity index (χ3n) is 2.76. The smallest absolute Gasteiger partial charge is 0.287 e. The lowest BCUT2D eigenvalue weighted by molar-refractivity contribution is 0.0635. The summed E-state index contributed by atoms with van der Waals surface area (Å²) in [7, 11) is -0.978. The highest BCUT2D eigenvalue weighted by atomic mass is 31.2. The van der Waals surface area contributed by atoms with Crippen LogP contribution >= 0.6 is 8.53 Å². The molecule has 3 nitrogen and oxygen atoms in total. The third-order valence-corrected chi connectivity index (χ3v) is 3.91. The second kappa shape index (κ2) is 5.34. The lowest BCUT2D eigenvalue weighted by Gasteiger charge is -2.33. The molecule has 0 aliphatic carbocycles. The van der Waals surface area contributed by atoms with Crippen molar-refractivity contribution in [2.24, 2.45) is 5.41 Å². The molecule has 17 heavy (non-hydrogen) atoms. The molecule has 0 radical (unpaired) electrons. The molecule has 1 saturated heterocycles. The molecule has 0 saturated carbocycles. The van der Waals surface area contributed by atoms with Gasteiger partial charge in [0.25, 0.3) is 8.53 Å². The third kappa shape index (κ3) is 3.41. The highest BCUT2D eigenvalue weighted by molar-refractivity contribution is 7.49. The van der Waals surface area contributed by atoms with Crippen molar-refractivity contribution in [2.75, 3.05) is 18.3 Å². The summed E-state index contributed by atoms with van der Waals surface area (Å²) in [6.07, 6.45) is 1.01. The zero-order valence-corrected chi connectivity index (χ0v) is 11.6. The largest absolute Gasteiger partial charge is 0.319 e. The maximum absolute atomic E-state index is 5.73. The number of aryl methyl sites for hydroxylation is 1. The number of benzene rings is 1. The van der Waals surface area contributed by atoms with E-state index in [0.717, 1.165) is 25.3 Å². The maximum atomic E-state index is 5.73. The molecule has 1 fully saturated rings. The number of anilines is 1. The van der Waals surface area contributed by atoms with Crippen molar-refractivity contribution in [1.82, 2.24) is 0 Å². The zero-order valence-electron chi connectivity index (χ0n) is 10.7. The predicted octanol–water partition coefficient (Wildman–Crippen LogP) is 3.96. The molecule has 2 rings (SSSR count). The van der Waals surface area contributed by atoms with Crippen LogP contribution < -0.4 is 5.09 Å². The SMILES string of the molecule is CCc1ccccc1NP1OCC(C)(C)CO1. The van der Waals surface area contributed by atoms with E-state index >= 15 is 0 Å². The van der Waals surface area contributed by atoms with E-state index in [0.29, 0.717) is 0 Å². The van der Waals surface area contributed by atoms with Crippen LogP contribution in [0.5, 0.6) is 0 Å². The Morgan fingerprint density at radius 2 is 1.88 bits per heavy atom. The monoisotopic (exact) mass is 253 g/mol. The van der Waals surface area contributed by atoms with E-state index in [1.165, 1.54) is 5.56 Å². The Kier molecular flexibility index (Phi) is 4.03. The van der Waals surface area contributed by atoms with Crippen molar-refractivity contribution in [3.05, 3.63) is 29.8 Å². The topological polar surface area (TPSA) is 30.5 Å². The van der Waals surface area contributed by atoms with E-state index in [2.05, 4.69) is 44.1 Å². The molecule has 1 aromatic rings. The molecule has 1 N–H and O–H groups in total. The van der Waals surface area contributed by atoms with Gasteiger partial charge in [-0.1, -0.05) is 39.0 Å². The van der Waals surface area contributed by atoms with Gasteiger partial charge in [0.1, 0.15) is 0 Å². The Hall–Kier alpha value is -0.630. The first-order valence-corrected chi connectivity index (χ1v) is 7.19. The Morgan fingerprint density at radius 3 is 2.53 bits per heavy atom. The maximum Gasteiger partial charge on any atom is 0.287 e. The van der Waals surface area contributed by atoms with Gasteiger partial charge in [-0.2, -0.15) is 0 Å². The van der Waals surface area contributed by atoms with Gasteiger partial charge in [-0.15, -0.1) is 0 Å². The lowest BCUT2D eigenvalue weighted by Crippen LogP contribution is -2.29. The van der Waals surface area contributed by atoms with E-state index in [-0.39, 0.29) is 5.41 Å². The average molecular weight is 253 g/mol. The molecule has 1 aliphatic rings. The van der Waals surface area contributed by atoms with Gasteiger partial charge in [0.15, 0.2) is 0 Å². The van der Waals surface area contributed by atoms with Crippen LogP contribution in [-0.4, -0.2) is 13.2 Å². The number of rotatable bonds is 3. The quantitative estimate of drug-likeness (QED) is 0.827. The van der Waals surface area contributed by atoms with E-state index in [4.69, 9.17) is 9.05 Å². The van der Waals surface area contributed by atoms with E-state index in [9.17, 15) is 0 Å². The minimum absolute atomic E-state index is 0.130. The Bertz CT molecular complexity index is 371. The molecule has 0 atom stereocenters. The van der Waals surface area contributed by atoms with Gasteiger partial charge in [0, 0.05) is 11.1 Å². The molecule has 94 valence electrons. The predicted molar refractivity (Wildman–Crippen MR) is 72.0 cm³/mol. The normalized spacial score (nSPS) is 20.2.